The van der Waals surface area contributed by atoms with Crippen molar-refractivity contribution in [3.05, 3.63) is 0 Å². The first-order valence-corrected chi connectivity index (χ1v) is 8.87. The van der Waals surface area contributed by atoms with Crippen molar-refractivity contribution in [1.82, 2.24) is 0 Å². The zero-order valence-electron chi connectivity index (χ0n) is 14.0. The molecule has 1 atom stereocenters. The molecule has 1 rings (SSSR count). The Morgan fingerprint density at radius 3 is 1.90 bits per heavy atom. The monoisotopic (exact) mass is 365 g/mol. The number of halogens is 1. The third-order valence-corrected chi connectivity index (χ3v) is 4.64. The SMILES string of the molecule is CCCCCCCCCCCC[N+]1(CCO)CCOC1.[Br-]. The molecule has 1 aliphatic rings. The highest BCUT2D eigenvalue weighted by molar-refractivity contribution is 4.51. The Bertz CT molecular complexity index is 221. The zero-order valence-corrected chi connectivity index (χ0v) is 15.6. The highest BCUT2D eigenvalue weighted by Gasteiger charge is 2.31. The standard InChI is InChI=1S/C17H36NO2.BrH/c1-2-3-4-5-6-7-8-9-10-11-12-18(13-15-19)14-16-20-17-18;/h19H,2-17H2,1H3;1H/q+1;/p-1. The topological polar surface area (TPSA) is 29.5 Å². The molecule has 0 aliphatic carbocycles. The van der Waals surface area contributed by atoms with Crippen LogP contribution in [0.4, 0.5) is 0 Å². The van der Waals surface area contributed by atoms with Crippen LogP contribution in [0.2, 0.25) is 0 Å². The quantitative estimate of drug-likeness (QED) is 0.384. The molecule has 21 heavy (non-hydrogen) atoms. The Hall–Kier alpha value is 0.360. The van der Waals surface area contributed by atoms with Crippen molar-refractivity contribution >= 4 is 0 Å². The molecule has 0 aromatic carbocycles. The zero-order chi connectivity index (χ0) is 14.5. The Labute approximate surface area is 142 Å². The van der Waals surface area contributed by atoms with E-state index >= 15 is 0 Å². The second-order valence-corrected chi connectivity index (χ2v) is 6.46. The van der Waals surface area contributed by atoms with Gasteiger partial charge in [-0.3, -0.25) is 4.48 Å². The number of quaternary nitrogens is 1. The van der Waals surface area contributed by atoms with Gasteiger partial charge in [-0.25, -0.2) is 0 Å². The minimum Gasteiger partial charge on any atom is -1.00 e. The van der Waals surface area contributed by atoms with Gasteiger partial charge in [0.15, 0.2) is 6.73 Å². The Balaban J connectivity index is 0.00000400. The van der Waals surface area contributed by atoms with Gasteiger partial charge in [0.2, 0.25) is 0 Å². The van der Waals surface area contributed by atoms with Crippen LogP contribution in [0.1, 0.15) is 71.1 Å². The number of ether oxygens (including phenoxy) is 1. The summed E-state index contributed by atoms with van der Waals surface area (Å²) >= 11 is 0. The molecule has 4 heteroatoms. The maximum absolute atomic E-state index is 9.18. The number of aliphatic hydroxyl groups is 1. The normalized spacial score (nSPS) is 21.4. The van der Waals surface area contributed by atoms with Crippen LogP contribution < -0.4 is 17.0 Å². The molecule has 0 spiro atoms. The lowest BCUT2D eigenvalue weighted by molar-refractivity contribution is -0.925. The summed E-state index contributed by atoms with van der Waals surface area (Å²) in [5, 5.41) is 9.18. The van der Waals surface area contributed by atoms with Gasteiger partial charge in [0.25, 0.3) is 0 Å². The smallest absolute Gasteiger partial charge is 0.183 e. The molecular weight excluding hydrogens is 330 g/mol. The van der Waals surface area contributed by atoms with Gasteiger partial charge in [-0.15, -0.1) is 0 Å². The molecule has 1 saturated heterocycles. The van der Waals surface area contributed by atoms with Gasteiger partial charge in [-0.05, 0) is 12.8 Å². The summed E-state index contributed by atoms with van der Waals surface area (Å²) in [6, 6.07) is 0. The third-order valence-electron chi connectivity index (χ3n) is 4.64. The van der Waals surface area contributed by atoms with E-state index in [1.54, 1.807) is 0 Å². The molecule has 1 unspecified atom stereocenters. The number of aliphatic hydroxyl groups excluding tert-OH is 1. The van der Waals surface area contributed by atoms with E-state index in [1.165, 1.54) is 70.8 Å². The molecule has 3 nitrogen and oxygen atoms in total. The van der Waals surface area contributed by atoms with Crippen LogP contribution in [0.25, 0.3) is 0 Å². The fourth-order valence-corrected chi connectivity index (χ4v) is 3.19. The van der Waals surface area contributed by atoms with Crippen molar-refractivity contribution < 1.29 is 31.3 Å². The summed E-state index contributed by atoms with van der Waals surface area (Å²) in [5.74, 6) is 0. The van der Waals surface area contributed by atoms with Crippen LogP contribution in [-0.2, 0) is 4.74 Å². The Morgan fingerprint density at radius 2 is 1.43 bits per heavy atom. The van der Waals surface area contributed by atoms with Crippen molar-refractivity contribution in [2.24, 2.45) is 0 Å². The number of unbranched alkanes of at least 4 members (excludes halogenated alkanes) is 9. The van der Waals surface area contributed by atoms with Gasteiger partial charge in [-0.1, -0.05) is 58.3 Å². The van der Waals surface area contributed by atoms with E-state index in [1.807, 2.05) is 0 Å². The average Bonchev–Trinajstić information content (AvgIpc) is 2.90. The summed E-state index contributed by atoms with van der Waals surface area (Å²) in [6.45, 7) is 7.42. The molecule has 0 aromatic rings. The first-order chi connectivity index (χ1) is 9.83. The van der Waals surface area contributed by atoms with Gasteiger partial charge < -0.3 is 26.8 Å². The average molecular weight is 366 g/mol. The summed E-state index contributed by atoms with van der Waals surface area (Å²) in [7, 11) is 0. The van der Waals surface area contributed by atoms with Gasteiger partial charge in [0.05, 0.1) is 13.2 Å². The third kappa shape index (κ3) is 9.88. The van der Waals surface area contributed by atoms with Gasteiger partial charge >= 0.3 is 0 Å². The first-order valence-electron chi connectivity index (χ1n) is 8.87. The molecule has 0 amide bonds. The van der Waals surface area contributed by atoms with E-state index in [4.69, 9.17) is 4.74 Å². The Morgan fingerprint density at radius 1 is 0.857 bits per heavy atom. The lowest BCUT2D eigenvalue weighted by Gasteiger charge is -2.31. The fraction of sp³-hybridized carbons (Fsp3) is 1.00. The van der Waals surface area contributed by atoms with E-state index in [9.17, 15) is 5.11 Å². The molecule has 0 aromatic heterocycles. The summed E-state index contributed by atoms with van der Waals surface area (Å²) in [5.41, 5.74) is 0. The van der Waals surface area contributed by atoms with Crippen molar-refractivity contribution in [1.29, 1.82) is 0 Å². The summed E-state index contributed by atoms with van der Waals surface area (Å²) in [6.07, 6.45) is 13.9. The maximum Gasteiger partial charge on any atom is 0.183 e. The predicted octanol–water partition coefficient (Wildman–Crippen LogP) is 0.708. The largest absolute Gasteiger partial charge is 1.00 e. The number of rotatable bonds is 13. The minimum absolute atomic E-state index is 0. The van der Waals surface area contributed by atoms with Crippen LogP contribution in [-0.4, -0.2) is 49.2 Å². The fourth-order valence-electron chi connectivity index (χ4n) is 3.19. The molecule has 1 heterocycles. The second-order valence-electron chi connectivity index (χ2n) is 6.46. The molecule has 1 aliphatic heterocycles. The highest BCUT2D eigenvalue weighted by atomic mass is 79.9. The van der Waals surface area contributed by atoms with Crippen LogP contribution >= 0.6 is 0 Å². The minimum atomic E-state index is 0. The van der Waals surface area contributed by atoms with Crippen molar-refractivity contribution in [2.45, 2.75) is 71.1 Å². The molecule has 1 fully saturated rings. The van der Waals surface area contributed by atoms with Crippen LogP contribution in [0.15, 0.2) is 0 Å². The summed E-state index contributed by atoms with van der Waals surface area (Å²) in [4.78, 5) is 0. The van der Waals surface area contributed by atoms with Crippen molar-refractivity contribution in [2.75, 3.05) is 39.6 Å². The summed E-state index contributed by atoms with van der Waals surface area (Å²) < 4.78 is 6.51. The van der Waals surface area contributed by atoms with Gasteiger partial charge in [0, 0.05) is 0 Å². The van der Waals surface area contributed by atoms with Crippen molar-refractivity contribution in [3.8, 4) is 0 Å². The first kappa shape index (κ1) is 21.4. The molecular formula is C17H36BrNO2. The molecule has 0 saturated carbocycles. The van der Waals surface area contributed by atoms with E-state index in [0.29, 0.717) is 6.61 Å². The van der Waals surface area contributed by atoms with E-state index in [0.717, 1.165) is 30.9 Å². The van der Waals surface area contributed by atoms with Crippen LogP contribution in [0.5, 0.6) is 0 Å². The predicted molar refractivity (Wildman–Crippen MR) is 84.6 cm³/mol. The highest BCUT2D eigenvalue weighted by Crippen LogP contribution is 2.16. The van der Waals surface area contributed by atoms with E-state index < -0.39 is 0 Å². The van der Waals surface area contributed by atoms with Crippen LogP contribution in [0.3, 0.4) is 0 Å². The molecule has 0 radical (unpaired) electrons. The van der Waals surface area contributed by atoms with E-state index in [-0.39, 0.29) is 17.0 Å². The Kier molecular flexibility index (Phi) is 14.2. The van der Waals surface area contributed by atoms with Gasteiger partial charge in [0.1, 0.15) is 19.7 Å². The lowest BCUT2D eigenvalue weighted by Crippen LogP contribution is -3.00. The van der Waals surface area contributed by atoms with Gasteiger partial charge in [-0.2, -0.15) is 0 Å². The number of nitrogens with zero attached hydrogens (tertiary/aromatic N) is 1. The molecule has 128 valence electrons. The lowest BCUT2D eigenvalue weighted by atomic mass is 10.1. The number of hydrogen-bond acceptors (Lipinski definition) is 2. The molecule has 0 bridgehead atoms. The second kappa shape index (κ2) is 14.0. The van der Waals surface area contributed by atoms with Crippen molar-refractivity contribution in [3.63, 3.8) is 0 Å². The number of hydrogen-bond donors (Lipinski definition) is 1. The maximum atomic E-state index is 9.18. The van der Waals surface area contributed by atoms with Crippen LogP contribution in [0, 0.1) is 0 Å². The van der Waals surface area contributed by atoms with E-state index in [2.05, 4.69) is 6.92 Å². The molecule has 1 N–H and O–H groups in total.